The van der Waals surface area contributed by atoms with E-state index in [4.69, 9.17) is 4.74 Å². The fourth-order valence-electron chi connectivity index (χ4n) is 4.83. The molecule has 1 aliphatic carbocycles. The molecule has 0 aromatic carbocycles. The van der Waals surface area contributed by atoms with E-state index in [-0.39, 0.29) is 30.1 Å². The van der Waals surface area contributed by atoms with Crippen molar-refractivity contribution in [2.75, 3.05) is 24.5 Å². The fourth-order valence-corrected chi connectivity index (χ4v) is 4.83. The van der Waals surface area contributed by atoms with Crippen molar-refractivity contribution in [2.24, 2.45) is 11.8 Å². The summed E-state index contributed by atoms with van der Waals surface area (Å²) in [6, 6.07) is 4.24. The van der Waals surface area contributed by atoms with Crippen LogP contribution >= 0.6 is 0 Å². The van der Waals surface area contributed by atoms with E-state index in [9.17, 15) is 14.7 Å². The van der Waals surface area contributed by atoms with Gasteiger partial charge in [0.15, 0.2) is 0 Å². The predicted octanol–water partition coefficient (Wildman–Crippen LogP) is 2.76. The third-order valence-electron chi connectivity index (χ3n) is 6.39. The number of aliphatic carboxylic acids is 1. The number of nitrogens with zero attached hydrogens (tertiary/aromatic N) is 3. The smallest absolute Gasteiger partial charge is 0.410 e. The number of carbonyl (C=O) groups is 2. The Bertz CT molecular complexity index is 675. The van der Waals surface area contributed by atoms with Gasteiger partial charge >= 0.3 is 12.1 Å². The second-order valence-corrected chi connectivity index (χ2v) is 7.96. The second kappa shape index (κ2) is 7.74. The van der Waals surface area contributed by atoms with Crippen LogP contribution in [-0.2, 0) is 9.53 Å². The van der Waals surface area contributed by atoms with Gasteiger partial charge in [-0.1, -0.05) is 6.42 Å². The maximum absolute atomic E-state index is 12.5. The summed E-state index contributed by atoms with van der Waals surface area (Å²) in [6.07, 6.45) is 8.30. The molecule has 1 aromatic rings. The molecule has 146 valence electrons. The normalized spacial score (nSPS) is 29.6. The van der Waals surface area contributed by atoms with Crippen LogP contribution < -0.4 is 4.90 Å². The zero-order valence-corrected chi connectivity index (χ0v) is 15.5. The Labute approximate surface area is 159 Å². The quantitative estimate of drug-likeness (QED) is 0.874. The monoisotopic (exact) mass is 373 g/mol. The standard InChI is InChI=1S/C20H27N3O4/c24-19(25)15-3-1-2-14(12-15)18-13-23(20(26)27-18)17-6-10-22(11-7-17)16-4-8-21-9-5-16/h4-5,8-9,14-15,17-18H,1-3,6-7,10-13H2,(H,24,25). The van der Waals surface area contributed by atoms with Crippen LogP contribution in [0.2, 0.25) is 0 Å². The van der Waals surface area contributed by atoms with E-state index in [1.54, 1.807) is 12.4 Å². The zero-order valence-electron chi connectivity index (χ0n) is 15.5. The number of rotatable bonds is 4. The lowest BCUT2D eigenvalue weighted by Crippen LogP contribution is -2.46. The molecule has 1 saturated carbocycles. The molecule has 1 amide bonds. The highest BCUT2D eigenvalue weighted by Gasteiger charge is 2.42. The molecule has 1 N–H and O–H groups in total. The Balaban J connectivity index is 1.33. The van der Waals surface area contributed by atoms with Crippen molar-refractivity contribution in [1.82, 2.24) is 9.88 Å². The largest absolute Gasteiger partial charge is 0.481 e. The van der Waals surface area contributed by atoms with E-state index >= 15 is 0 Å². The van der Waals surface area contributed by atoms with Gasteiger partial charge in [-0.2, -0.15) is 0 Å². The Morgan fingerprint density at radius 1 is 1.15 bits per heavy atom. The molecule has 3 aliphatic rings. The predicted molar refractivity (Wildman–Crippen MR) is 99.5 cm³/mol. The van der Waals surface area contributed by atoms with E-state index in [2.05, 4.69) is 9.88 Å². The van der Waals surface area contributed by atoms with Crippen molar-refractivity contribution in [3.8, 4) is 0 Å². The fraction of sp³-hybridized carbons (Fsp3) is 0.650. The van der Waals surface area contributed by atoms with Gasteiger partial charge < -0.3 is 19.6 Å². The third-order valence-corrected chi connectivity index (χ3v) is 6.39. The van der Waals surface area contributed by atoms with E-state index < -0.39 is 5.97 Å². The van der Waals surface area contributed by atoms with Crippen LogP contribution in [0, 0.1) is 11.8 Å². The molecule has 3 fully saturated rings. The van der Waals surface area contributed by atoms with Crippen LogP contribution in [-0.4, -0.2) is 58.8 Å². The van der Waals surface area contributed by atoms with Crippen molar-refractivity contribution in [3.05, 3.63) is 24.5 Å². The maximum Gasteiger partial charge on any atom is 0.410 e. The van der Waals surface area contributed by atoms with Crippen LogP contribution in [0.5, 0.6) is 0 Å². The van der Waals surface area contributed by atoms with E-state index in [1.165, 1.54) is 5.69 Å². The summed E-state index contributed by atoms with van der Waals surface area (Å²) in [6.45, 7) is 2.43. The van der Waals surface area contributed by atoms with Gasteiger partial charge in [0.1, 0.15) is 6.10 Å². The Hall–Kier alpha value is -2.31. The van der Waals surface area contributed by atoms with Crippen molar-refractivity contribution in [1.29, 1.82) is 0 Å². The van der Waals surface area contributed by atoms with Crippen LogP contribution in [0.15, 0.2) is 24.5 Å². The molecule has 3 atom stereocenters. The van der Waals surface area contributed by atoms with Gasteiger partial charge in [-0.05, 0) is 50.2 Å². The molecule has 0 radical (unpaired) electrons. The highest BCUT2D eigenvalue weighted by molar-refractivity contribution is 5.71. The van der Waals surface area contributed by atoms with E-state index in [1.807, 2.05) is 17.0 Å². The third kappa shape index (κ3) is 3.87. The summed E-state index contributed by atoms with van der Waals surface area (Å²) < 4.78 is 5.68. The summed E-state index contributed by atoms with van der Waals surface area (Å²) in [5.74, 6) is -0.838. The SMILES string of the molecule is O=C(O)C1CCCC(C2CN(C3CCN(c4ccncc4)CC3)C(=O)O2)C1. The molecule has 2 saturated heterocycles. The van der Waals surface area contributed by atoms with Crippen molar-refractivity contribution >= 4 is 17.7 Å². The Morgan fingerprint density at radius 2 is 1.89 bits per heavy atom. The number of anilines is 1. The average molecular weight is 373 g/mol. The van der Waals surface area contributed by atoms with E-state index in [0.717, 1.165) is 45.2 Å². The molecule has 27 heavy (non-hydrogen) atoms. The molecule has 0 spiro atoms. The number of ether oxygens (including phenoxy) is 1. The number of hydrogen-bond donors (Lipinski definition) is 1. The topological polar surface area (TPSA) is 83.0 Å². The molecular formula is C20H27N3O4. The highest BCUT2D eigenvalue weighted by atomic mass is 16.6. The Morgan fingerprint density at radius 3 is 2.59 bits per heavy atom. The lowest BCUT2D eigenvalue weighted by atomic mass is 9.78. The van der Waals surface area contributed by atoms with Crippen LogP contribution in [0.4, 0.5) is 10.5 Å². The molecule has 7 heteroatoms. The highest BCUT2D eigenvalue weighted by Crippen LogP contribution is 2.36. The molecule has 3 unspecified atom stereocenters. The number of piperidine rings is 1. The van der Waals surface area contributed by atoms with Crippen molar-refractivity contribution in [2.45, 2.75) is 50.7 Å². The lowest BCUT2D eigenvalue weighted by Gasteiger charge is -2.37. The molecule has 4 rings (SSSR count). The van der Waals surface area contributed by atoms with Crippen molar-refractivity contribution in [3.63, 3.8) is 0 Å². The Kier molecular flexibility index (Phi) is 5.18. The minimum atomic E-state index is -0.718. The van der Waals surface area contributed by atoms with Crippen LogP contribution in [0.1, 0.15) is 38.5 Å². The first kappa shape index (κ1) is 18.1. The van der Waals surface area contributed by atoms with Gasteiger partial charge in [0, 0.05) is 37.2 Å². The molecule has 3 heterocycles. The van der Waals surface area contributed by atoms with E-state index in [0.29, 0.717) is 13.0 Å². The number of cyclic esters (lactones) is 1. The lowest BCUT2D eigenvalue weighted by molar-refractivity contribution is -0.143. The van der Waals surface area contributed by atoms with Crippen LogP contribution in [0.25, 0.3) is 0 Å². The average Bonchev–Trinajstić information content (AvgIpc) is 3.10. The molecule has 0 bridgehead atoms. The summed E-state index contributed by atoms with van der Waals surface area (Å²) in [5, 5.41) is 9.30. The van der Waals surface area contributed by atoms with Gasteiger partial charge in [-0.3, -0.25) is 9.78 Å². The van der Waals surface area contributed by atoms with Crippen molar-refractivity contribution < 1.29 is 19.4 Å². The summed E-state index contributed by atoms with van der Waals surface area (Å²) in [5.41, 5.74) is 1.17. The van der Waals surface area contributed by atoms with Crippen LogP contribution in [0.3, 0.4) is 0 Å². The first-order valence-electron chi connectivity index (χ1n) is 9.97. The maximum atomic E-state index is 12.5. The number of carboxylic acid groups (broad SMARTS) is 1. The van der Waals surface area contributed by atoms with Gasteiger partial charge in [0.05, 0.1) is 12.5 Å². The number of hydrogen-bond acceptors (Lipinski definition) is 5. The molecule has 7 nitrogen and oxygen atoms in total. The number of amides is 1. The summed E-state index contributed by atoms with van der Waals surface area (Å²) >= 11 is 0. The first-order chi connectivity index (χ1) is 13.1. The number of aromatic nitrogens is 1. The molecule has 2 aliphatic heterocycles. The molecular weight excluding hydrogens is 346 g/mol. The van der Waals surface area contributed by atoms with Gasteiger partial charge in [-0.25, -0.2) is 4.79 Å². The van der Waals surface area contributed by atoms with Gasteiger partial charge in [0.25, 0.3) is 0 Å². The summed E-state index contributed by atoms with van der Waals surface area (Å²) in [7, 11) is 0. The number of carboxylic acids is 1. The second-order valence-electron chi connectivity index (χ2n) is 7.96. The van der Waals surface area contributed by atoms with Gasteiger partial charge in [0.2, 0.25) is 0 Å². The zero-order chi connectivity index (χ0) is 18.8. The number of carbonyl (C=O) groups excluding carboxylic acids is 1. The minimum absolute atomic E-state index is 0.155. The summed E-state index contributed by atoms with van der Waals surface area (Å²) in [4.78, 5) is 32.1. The van der Waals surface area contributed by atoms with Gasteiger partial charge in [-0.15, -0.1) is 0 Å². The molecule has 1 aromatic heterocycles. The minimum Gasteiger partial charge on any atom is -0.481 e. The number of pyridine rings is 1. The first-order valence-corrected chi connectivity index (χ1v) is 9.97.